The predicted molar refractivity (Wildman–Crippen MR) is 174 cm³/mol. The van der Waals surface area contributed by atoms with Crippen LogP contribution in [0.5, 0.6) is 0 Å². The first-order chi connectivity index (χ1) is 24.4. The Morgan fingerprint density at radius 3 is 1.85 bits per heavy atom. The SMILES string of the molecule is C[C@@H](O)[C@H](NC(=O)[C@H](CC(N)=O)NC(=O)[C@@H]1CCCN1)C(=O)N[C@H](C(=O)N[C@@H](CO)C(=O)N1CCC[C@H]1C(=O)N[C@@H](CCC(=O)O)C(=O)O)[C@@H](C)O. The zero-order chi connectivity index (χ0) is 39.3. The van der Waals surface area contributed by atoms with Crippen LogP contribution in [0.25, 0.3) is 0 Å². The molecule has 0 aromatic heterocycles. The summed E-state index contributed by atoms with van der Waals surface area (Å²) in [4.78, 5) is 114. The zero-order valence-corrected chi connectivity index (χ0v) is 28.7. The topological polar surface area (TPSA) is 356 Å². The van der Waals surface area contributed by atoms with Gasteiger partial charge < -0.3 is 68.1 Å². The highest BCUT2D eigenvalue weighted by molar-refractivity contribution is 5.98. The van der Waals surface area contributed by atoms with E-state index in [0.717, 1.165) is 18.7 Å². The average Bonchev–Trinajstić information content (AvgIpc) is 3.78. The summed E-state index contributed by atoms with van der Waals surface area (Å²) in [5.74, 6) is -9.69. The van der Waals surface area contributed by atoms with E-state index in [1.165, 1.54) is 0 Å². The molecule has 0 aromatic rings. The number of aliphatic hydroxyl groups excluding tert-OH is 3. The zero-order valence-electron chi connectivity index (χ0n) is 28.7. The molecule has 2 saturated heterocycles. The molecule has 0 saturated carbocycles. The van der Waals surface area contributed by atoms with Crippen LogP contribution >= 0.6 is 0 Å². The normalized spacial score (nSPS) is 20.9. The van der Waals surface area contributed by atoms with Gasteiger partial charge in [-0.25, -0.2) is 4.79 Å². The molecule has 2 rings (SSSR count). The number of carbonyl (C=O) groups excluding carboxylic acids is 7. The molecule has 0 aromatic carbocycles. The first-order valence-corrected chi connectivity index (χ1v) is 16.6. The summed E-state index contributed by atoms with van der Waals surface area (Å²) < 4.78 is 0. The predicted octanol–water partition coefficient (Wildman–Crippen LogP) is -6.27. The number of aliphatic hydroxyl groups is 3. The maximum absolute atomic E-state index is 13.4. The number of carboxylic acid groups (broad SMARTS) is 2. The molecule has 2 aliphatic rings. The molecule has 22 heteroatoms. The Kier molecular flexibility index (Phi) is 16.8. The summed E-state index contributed by atoms with van der Waals surface area (Å²) in [6.07, 6.45) is -3.40. The van der Waals surface area contributed by atoms with Gasteiger partial charge in [-0.3, -0.25) is 38.4 Å². The van der Waals surface area contributed by atoms with Crippen LogP contribution in [0, 0.1) is 0 Å². The lowest BCUT2D eigenvalue weighted by molar-refractivity contribution is -0.146. The van der Waals surface area contributed by atoms with Gasteiger partial charge in [0, 0.05) is 13.0 Å². The number of nitrogens with zero attached hydrogens (tertiary/aromatic N) is 1. The van der Waals surface area contributed by atoms with Gasteiger partial charge >= 0.3 is 11.9 Å². The molecular weight excluding hydrogens is 696 g/mol. The molecule has 2 aliphatic heterocycles. The molecule has 0 unspecified atom stereocenters. The Morgan fingerprint density at radius 2 is 1.35 bits per heavy atom. The maximum atomic E-state index is 13.4. The molecule has 22 nitrogen and oxygen atoms in total. The van der Waals surface area contributed by atoms with Crippen LogP contribution in [0.4, 0.5) is 0 Å². The Morgan fingerprint density at radius 1 is 0.769 bits per heavy atom. The van der Waals surface area contributed by atoms with Crippen molar-refractivity contribution in [3.05, 3.63) is 0 Å². The summed E-state index contributed by atoms with van der Waals surface area (Å²) >= 11 is 0. The summed E-state index contributed by atoms with van der Waals surface area (Å²) in [7, 11) is 0. The molecule has 7 amide bonds. The van der Waals surface area contributed by atoms with Crippen LogP contribution in [-0.2, 0) is 43.2 Å². The molecule has 0 bridgehead atoms. The highest BCUT2D eigenvalue weighted by Gasteiger charge is 2.40. The van der Waals surface area contributed by atoms with E-state index in [-0.39, 0.29) is 19.4 Å². The van der Waals surface area contributed by atoms with E-state index in [1.54, 1.807) is 0 Å². The molecule has 9 atom stereocenters. The fraction of sp³-hybridized carbons (Fsp3) is 0.700. The lowest BCUT2D eigenvalue weighted by Gasteiger charge is -2.30. The number of amides is 7. The van der Waals surface area contributed by atoms with Crippen molar-refractivity contribution in [3.8, 4) is 0 Å². The van der Waals surface area contributed by atoms with E-state index < -0.39 is 134 Å². The summed E-state index contributed by atoms with van der Waals surface area (Å²) in [5.41, 5.74) is 5.24. The Hall–Kier alpha value is -4.93. The van der Waals surface area contributed by atoms with E-state index in [4.69, 9.17) is 10.8 Å². The molecule has 0 radical (unpaired) electrons. The highest BCUT2D eigenvalue weighted by atomic mass is 16.4. The highest BCUT2D eigenvalue weighted by Crippen LogP contribution is 2.19. The van der Waals surface area contributed by atoms with Crippen molar-refractivity contribution in [2.75, 3.05) is 19.7 Å². The van der Waals surface area contributed by atoms with Crippen LogP contribution < -0.4 is 37.6 Å². The number of carbonyl (C=O) groups is 9. The van der Waals surface area contributed by atoms with Gasteiger partial charge in [0.15, 0.2) is 0 Å². The van der Waals surface area contributed by atoms with E-state index in [1.807, 2.05) is 0 Å². The minimum absolute atomic E-state index is 0.0309. The number of hydrogen-bond acceptors (Lipinski definition) is 13. The third-order valence-corrected chi connectivity index (χ3v) is 8.44. The van der Waals surface area contributed by atoms with Gasteiger partial charge in [0.25, 0.3) is 0 Å². The second kappa shape index (κ2) is 20.2. The first-order valence-electron chi connectivity index (χ1n) is 16.6. The number of carboxylic acids is 2. The van der Waals surface area contributed by atoms with E-state index in [2.05, 4.69) is 31.9 Å². The molecule has 0 aliphatic carbocycles. The van der Waals surface area contributed by atoms with Gasteiger partial charge in [0.1, 0.15) is 36.3 Å². The lowest BCUT2D eigenvalue weighted by atomic mass is 10.1. The Bertz CT molecular complexity index is 1350. The minimum atomic E-state index is -1.84. The van der Waals surface area contributed by atoms with Crippen molar-refractivity contribution in [2.45, 2.75) is 113 Å². The Balaban J connectivity index is 2.14. The smallest absolute Gasteiger partial charge is 0.326 e. The molecule has 0 spiro atoms. The van der Waals surface area contributed by atoms with Gasteiger partial charge in [-0.15, -0.1) is 0 Å². The average molecular weight is 745 g/mol. The van der Waals surface area contributed by atoms with Crippen LogP contribution in [0.1, 0.15) is 58.8 Å². The third kappa shape index (κ3) is 12.7. The van der Waals surface area contributed by atoms with Crippen molar-refractivity contribution in [3.63, 3.8) is 0 Å². The van der Waals surface area contributed by atoms with Gasteiger partial charge in [-0.05, 0) is 52.5 Å². The maximum Gasteiger partial charge on any atom is 0.326 e. The van der Waals surface area contributed by atoms with Crippen molar-refractivity contribution in [2.24, 2.45) is 5.73 Å². The Labute approximate surface area is 297 Å². The second-order valence-corrected chi connectivity index (χ2v) is 12.6. The van der Waals surface area contributed by atoms with E-state index >= 15 is 0 Å². The summed E-state index contributed by atoms with van der Waals surface area (Å²) in [6, 6.07) is -10.3. The van der Waals surface area contributed by atoms with Crippen LogP contribution in [0.2, 0.25) is 0 Å². The largest absolute Gasteiger partial charge is 0.481 e. The van der Waals surface area contributed by atoms with Gasteiger partial charge in [-0.1, -0.05) is 0 Å². The van der Waals surface area contributed by atoms with Gasteiger partial charge in [0.05, 0.1) is 31.3 Å². The minimum Gasteiger partial charge on any atom is -0.481 e. The third-order valence-electron chi connectivity index (χ3n) is 8.44. The summed E-state index contributed by atoms with van der Waals surface area (Å²) in [6.45, 7) is 1.72. The fourth-order valence-corrected chi connectivity index (χ4v) is 5.64. The molecule has 13 N–H and O–H groups in total. The molecule has 2 fully saturated rings. The number of aliphatic carboxylic acids is 2. The van der Waals surface area contributed by atoms with Crippen LogP contribution in [-0.4, -0.2) is 158 Å². The fourth-order valence-electron chi connectivity index (χ4n) is 5.64. The van der Waals surface area contributed by atoms with E-state index in [0.29, 0.717) is 19.4 Å². The number of primary amides is 1. The van der Waals surface area contributed by atoms with E-state index in [9.17, 15) is 63.6 Å². The number of hydrogen-bond donors (Lipinski definition) is 12. The standard InChI is InChI=1S/C30H48N8O14/c1-13(40)22(37-28(49)23(14(2)41)36-25(46)17(11-20(31)42)34-24(45)15-5-3-9-32-15)27(48)35-18(12-39)29(50)38-10-4-6-19(38)26(47)33-16(30(51)52)7-8-21(43)44/h13-19,22-23,32,39-41H,3-12H2,1-2H3,(H2,31,42)(H,33,47)(H,34,45)(H,35,48)(H,36,46)(H,37,49)(H,43,44)(H,51,52)/t13-,14-,15+,16+,17+,18+,19+,22+,23+/m1/s1. The monoisotopic (exact) mass is 744 g/mol. The lowest BCUT2D eigenvalue weighted by Crippen LogP contribution is -2.63. The van der Waals surface area contributed by atoms with Gasteiger partial charge in [-0.2, -0.15) is 0 Å². The quantitative estimate of drug-likeness (QED) is 0.0552. The number of likely N-dealkylation sites (tertiary alicyclic amines) is 1. The van der Waals surface area contributed by atoms with Crippen molar-refractivity contribution < 1.29 is 68.7 Å². The molecular formula is C30H48N8O14. The molecule has 2 heterocycles. The number of nitrogens with two attached hydrogens (primary N) is 1. The van der Waals surface area contributed by atoms with Crippen LogP contribution in [0.3, 0.4) is 0 Å². The van der Waals surface area contributed by atoms with Crippen molar-refractivity contribution in [1.29, 1.82) is 0 Å². The number of rotatable bonds is 20. The van der Waals surface area contributed by atoms with Crippen molar-refractivity contribution in [1.82, 2.24) is 36.8 Å². The molecule has 52 heavy (non-hydrogen) atoms. The number of nitrogens with one attached hydrogen (secondary N) is 6. The molecule has 292 valence electrons. The van der Waals surface area contributed by atoms with Crippen LogP contribution in [0.15, 0.2) is 0 Å². The second-order valence-electron chi connectivity index (χ2n) is 12.6. The van der Waals surface area contributed by atoms with Gasteiger partial charge in [0.2, 0.25) is 41.4 Å². The summed E-state index contributed by atoms with van der Waals surface area (Å²) in [5, 5.41) is 62.9. The first kappa shape index (κ1) is 43.2. The van der Waals surface area contributed by atoms with Crippen molar-refractivity contribution >= 4 is 53.3 Å².